The zero-order chi connectivity index (χ0) is 13.7. The Morgan fingerprint density at radius 1 is 1.44 bits per heavy atom. The molecule has 0 fully saturated rings. The highest BCUT2D eigenvalue weighted by Gasteiger charge is 2.16. The second-order valence-corrected chi connectivity index (χ2v) is 3.91. The Labute approximate surface area is 110 Å². The molecule has 1 aromatic carbocycles. The molecule has 0 aliphatic rings. The van der Waals surface area contributed by atoms with E-state index in [1.165, 1.54) is 0 Å². The molecule has 0 bridgehead atoms. The van der Waals surface area contributed by atoms with Crippen molar-refractivity contribution in [3.8, 4) is 0 Å². The Kier molecular flexibility index (Phi) is 4.79. The van der Waals surface area contributed by atoms with Gasteiger partial charge in [0.15, 0.2) is 0 Å². The van der Waals surface area contributed by atoms with Gasteiger partial charge < -0.3 is 15.8 Å². The predicted octanol–water partition coefficient (Wildman–Crippen LogP) is 1.40. The molecule has 0 aliphatic heterocycles. The Hall–Kier alpha value is -1.95. The van der Waals surface area contributed by atoms with Crippen LogP contribution in [0.25, 0.3) is 0 Å². The van der Waals surface area contributed by atoms with E-state index in [2.05, 4.69) is 5.32 Å². The number of thiocarbonyl (C=S) groups is 1. The standard InChI is InChI=1S/C12H14N2O3S/c1-3-17-12(18)11(16)14-8-6-4-5-7(2)9(8)10(13)15/h4-6H,3H2,1-2H3,(H2,13,15)(H,14,16). The van der Waals surface area contributed by atoms with Gasteiger partial charge in [0.25, 0.3) is 11.0 Å². The summed E-state index contributed by atoms with van der Waals surface area (Å²) in [5, 5.41) is 2.34. The third-order valence-corrected chi connectivity index (χ3v) is 2.53. The summed E-state index contributed by atoms with van der Waals surface area (Å²) in [6.45, 7) is 3.76. The summed E-state index contributed by atoms with van der Waals surface area (Å²) >= 11 is 4.77. The monoisotopic (exact) mass is 266 g/mol. The highest BCUT2D eigenvalue weighted by atomic mass is 32.1. The van der Waals surface area contributed by atoms with E-state index in [4.69, 9.17) is 22.7 Å². The van der Waals surface area contributed by atoms with Crippen LogP contribution in [0.2, 0.25) is 0 Å². The number of benzene rings is 1. The first kappa shape index (κ1) is 14.1. The first-order valence-electron chi connectivity index (χ1n) is 5.34. The lowest BCUT2D eigenvalue weighted by molar-refractivity contribution is -0.111. The minimum atomic E-state index is -0.606. The van der Waals surface area contributed by atoms with Crippen molar-refractivity contribution in [1.82, 2.24) is 0 Å². The average molecular weight is 266 g/mol. The number of ether oxygens (including phenoxy) is 1. The fourth-order valence-electron chi connectivity index (χ4n) is 1.47. The highest BCUT2D eigenvalue weighted by Crippen LogP contribution is 2.18. The molecule has 2 amide bonds. The van der Waals surface area contributed by atoms with E-state index in [1.807, 2.05) is 0 Å². The van der Waals surface area contributed by atoms with Crippen molar-refractivity contribution < 1.29 is 14.3 Å². The number of aryl methyl sites for hydroxylation is 1. The van der Waals surface area contributed by atoms with Gasteiger partial charge in [0.1, 0.15) is 0 Å². The van der Waals surface area contributed by atoms with Gasteiger partial charge in [-0.15, -0.1) is 0 Å². The number of hydrogen-bond acceptors (Lipinski definition) is 4. The lowest BCUT2D eigenvalue weighted by Gasteiger charge is -2.11. The number of nitrogens with one attached hydrogen (secondary N) is 1. The van der Waals surface area contributed by atoms with Crippen molar-refractivity contribution in [1.29, 1.82) is 0 Å². The Balaban J connectivity index is 2.98. The first-order chi connectivity index (χ1) is 8.47. The summed E-state index contributed by atoms with van der Waals surface area (Å²) in [6, 6.07) is 5.03. The maximum absolute atomic E-state index is 11.7. The van der Waals surface area contributed by atoms with Crippen LogP contribution in [0.4, 0.5) is 5.69 Å². The van der Waals surface area contributed by atoms with Gasteiger partial charge in [-0.05, 0) is 37.7 Å². The normalized spacial score (nSPS) is 9.67. The van der Waals surface area contributed by atoms with Crippen molar-refractivity contribution in [2.24, 2.45) is 5.73 Å². The predicted molar refractivity (Wildman–Crippen MR) is 72.6 cm³/mol. The van der Waals surface area contributed by atoms with E-state index in [1.54, 1.807) is 32.0 Å². The zero-order valence-electron chi connectivity index (χ0n) is 10.1. The van der Waals surface area contributed by atoms with E-state index in [0.717, 1.165) is 0 Å². The topological polar surface area (TPSA) is 81.4 Å². The van der Waals surface area contributed by atoms with E-state index in [9.17, 15) is 9.59 Å². The number of carbonyl (C=O) groups is 2. The minimum Gasteiger partial charge on any atom is -0.480 e. The van der Waals surface area contributed by atoms with Crippen LogP contribution < -0.4 is 11.1 Å². The van der Waals surface area contributed by atoms with Gasteiger partial charge in [-0.3, -0.25) is 9.59 Å². The quantitative estimate of drug-likeness (QED) is 0.810. The summed E-state index contributed by atoms with van der Waals surface area (Å²) in [4.78, 5) is 23.0. The molecule has 96 valence electrons. The lowest BCUT2D eigenvalue weighted by Crippen LogP contribution is -2.25. The van der Waals surface area contributed by atoms with Crippen molar-refractivity contribution in [2.45, 2.75) is 13.8 Å². The lowest BCUT2D eigenvalue weighted by atomic mass is 10.1. The SMILES string of the molecule is CCOC(=S)C(=O)Nc1cccc(C)c1C(N)=O. The summed E-state index contributed by atoms with van der Waals surface area (Å²) in [7, 11) is 0. The summed E-state index contributed by atoms with van der Waals surface area (Å²) in [5.74, 6) is -1.18. The molecule has 0 saturated carbocycles. The summed E-state index contributed by atoms with van der Waals surface area (Å²) in [6.07, 6.45) is 0. The molecule has 1 aromatic rings. The molecule has 0 heterocycles. The van der Waals surface area contributed by atoms with E-state index < -0.39 is 11.8 Å². The van der Waals surface area contributed by atoms with Gasteiger partial charge in [-0.2, -0.15) is 0 Å². The van der Waals surface area contributed by atoms with Crippen LogP contribution in [0.1, 0.15) is 22.8 Å². The maximum atomic E-state index is 11.7. The van der Waals surface area contributed by atoms with Gasteiger partial charge in [-0.1, -0.05) is 12.1 Å². The summed E-state index contributed by atoms with van der Waals surface area (Å²) < 4.78 is 4.91. The zero-order valence-corrected chi connectivity index (χ0v) is 11.0. The molecule has 0 atom stereocenters. The molecule has 0 aliphatic carbocycles. The molecule has 3 N–H and O–H groups in total. The molecule has 5 nitrogen and oxygen atoms in total. The van der Waals surface area contributed by atoms with Crippen LogP contribution in [-0.2, 0) is 9.53 Å². The van der Waals surface area contributed by atoms with Crippen molar-refractivity contribution in [2.75, 3.05) is 11.9 Å². The fraction of sp³-hybridized carbons (Fsp3) is 0.250. The van der Waals surface area contributed by atoms with Gasteiger partial charge in [0, 0.05) is 0 Å². The molecule has 0 radical (unpaired) electrons. The molecule has 1 rings (SSSR count). The van der Waals surface area contributed by atoms with Gasteiger partial charge in [0.2, 0.25) is 0 Å². The molecule has 0 spiro atoms. The van der Waals surface area contributed by atoms with Crippen molar-refractivity contribution >= 4 is 34.8 Å². The molecule has 0 aromatic heterocycles. The van der Waals surface area contributed by atoms with E-state index >= 15 is 0 Å². The largest absolute Gasteiger partial charge is 0.480 e. The van der Waals surface area contributed by atoms with Crippen LogP contribution in [0.3, 0.4) is 0 Å². The van der Waals surface area contributed by atoms with Gasteiger partial charge in [0.05, 0.1) is 17.9 Å². The van der Waals surface area contributed by atoms with Gasteiger partial charge in [-0.25, -0.2) is 0 Å². The Morgan fingerprint density at radius 2 is 2.11 bits per heavy atom. The highest BCUT2D eigenvalue weighted by molar-refractivity contribution is 7.81. The number of amides is 2. The Bertz CT molecular complexity index is 500. The molecule has 0 saturated heterocycles. The van der Waals surface area contributed by atoms with Crippen molar-refractivity contribution in [3.63, 3.8) is 0 Å². The second kappa shape index (κ2) is 6.11. The Morgan fingerprint density at radius 3 is 2.67 bits per heavy atom. The third kappa shape index (κ3) is 3.27. The minimum absolute atomic E-state index is 0.172. The van der Waals surface area contributed by atoms with Crippen LogP contribution in [-0.4, -0.2) is 23.5 Å². The van der Waals surface area contributed by atoms with Gasteiger partial charge >= 0.3 is 5.91 Å². The van der Waals surface area contributed by atoms with Crippen LogP contribution in [0, 0.1) is 6.92 Å². The molecule has 18 heavy (non-hydrogen) atoms. The average Bonchev–Trinajstić information content (AvgIpc) is 2.28. The number of rotatable bonds is 3. The number of nitrogens with two attached hydrogens (primary N) is 1. The van der Waals surface area contributed by atoms with E-state index in [0.29, 0.717) is 17.9 Å². The fourth-order valence-corrected chi connectivity index (χ4v) is 1.64. The molecular weight excluding hydrogens is 252 g/mol. The van der Waals surface area contributed by atoms with Crippen molar-refractivity contribution in [3.05, 3.63) is 29.3 Å². The first-order valence-corrected chi connectivity index (χ1v) is 5.75. The van der Waals surface area contributed by atoms with Crippen LogP contribution >= 0.6 is 12.2 Å². The number of primary amides is 1. The number of hydrogen-bond donors (Lipinski definition) is 2. The molecular formula is C12H14N2O3S. The third-order valence-electron chi connectivity index (χ3n) is 2.23. The second-order valence-electron chi connectivity index (χ2n) is 3.54. The molecule has 0 unspecified atom stereocenters. The molecule has 6 heteroatoms. The van der Waals surface area contributed by atoms with E-state index in [-0.39, 0.29) is 10.6 Å². The smallest absolute Gasteiger partial charge is 0.302 e. The summed E-state index contributed by atoms with van der Waals surface area (Å²) in [5.41, 5.74) is 6.55. The van der Waals surface area contributed by atoms with Crippen LogP contribution in [0.5, 0.6) is 0 Å². The maximum Gasteiger partial charge on any atom is 0.302 e. The number of anilines is 1. The number of carbonyl (C=O) groups excluding carboxylic acids is 2. The van der Waals surface area contributed by atoms with Crippen LogP contribution in [0.15, 0.2) is 18.2 Å².